The van der Waals surface area contributed by atoms with Crippen molar-refractivity contribution in [1.82, 2.24) is 4.98 Å². The maximum absolute atomic E-state index is 12.5. The van der Waals surface area contributed by atoms with Gasteiger partial charge in [0, 0.05) is 46.3 Å². The van der Waals surface area contributed by atoms with E-state index in [4.69, 9.17) is 4.74 Å². The predicted octanol–water partition coefficient (Wildman–Crippen LogP) is 6.21. The normalized spacial score (nSPS) is 13.2. The van der Waals surface area contributed by atoms with Crippen LogP contribution in [0, 0.1) is 6.92 Å². The van der Waals surface area contributed by atoms with Gasteiger partial charge in [-0.15, -0.1) is 0 Å². The molecule has 2 heterocycles. The smallest absolute Gasteiger partial charge is 0.323 e. The highest BCUT2D eigenvalue weighted by molar-refractivity contribution is 6.35. The minimum Gasteiger partial charge on any atom is -0.497 e. The number of aromatic nitrogens is 1. The Morgan fingerprint density at radius 2 is 1.72 bits per heavy atom. The molecule has 180 valence electrons. The third-order valence-corrected chi connectivity index (χ3v) is 5.83. The zero-order valence-electron chi connectivity index (χ0n) is 19.8. The van der Waals surface area contributed by atoms with Crippen molar-refractivity contribution in [3.05, 3.63) is 95.8 Å². The first-order valence-corrected chi connectivity index (χ1v) is 11.4. The van der Waals surface area contributed by atoms with Gasteiger partial charge in [-0.05, 0) is 67.1 Å². The second-order valence-corrected chi connectivity index (χ2v) is 8.36. The van der Waals surface area contributed by atoms with Gasteiger partial charge in [0.2, 0.25) is 0 Å². The molecule has 8 heteroatoms. The van der Waals surface area contributed by atoms with Crippen molar-refractivity contribution in [1.29, 1.82) is 0 Å². The van der Waals surface area contributed by atoms with Crippen LogP contribution in [0.15, 0.2) is 79.0 Å². The Labute approximate surface area is 208 Å². The minimum atomic E-state index is -0.361. The molecule has 0 saturated heterocycles. The SMILES string of the molecule is COc1cccc(NC(=O)Nc2ccc(C)c(Nc3ccc4c(c3)NC(=O)/C4=C\c3ccc[nH]3)c2)c1. The maximum Gasteiger partial charge on any atom is 0.323 e. The summed E-state index contributed by atoms with van der Waals surface area (Å²) in [6, 6.07) is 22.0. The number of aromatic amines is 1. The van der Waals surface area contributed by atoms with Crippen molar-refractivity contribution in [2.24, 2.45) is 0 Å². The van der Waals surface area contributed by atoms with Crippen molar-refractivity contribution in [3.8, 4) is 5.75 Å². The lowest BCUT2D eigenvalue weighted by Crippen LogP contribution is -2.19. The van der Waals surface area contributed by atoms with Gasteiger partial charge in [0.05, 0.1) is 18.4 Å². The summed E-state index contributed by atoms with van der Waals surface area (Å²) < 4.78 is 5.20. The molecule has 5 rings (SSSR count). The van der Waals surface area contributed by atoms with Crippen molar-refractivity contribution in [3.63, 3.8) is 0 Å². The number of benzene rings is 3. The highest BCUT2D eigenvalue weighted by atomic mass is 16.5. The summed E-state index contributed by atoms with van der Waals surface area (Å²) in [5.74, 6) is 0.522. The minimum absolute atomic E-state index is 0.138. The molecule has 3 amide bonds. The van der Waals surface area contributed by atoms with Crippen molar-refractivity contribution >= 4 is 52.0 Å². The Balaban J connectivity index is 1.31. The molecule has 0 aliphatic carbocycles. The predicted molar refractivity (Wildman–Crippen MR) is 144 cm³/mol. The number of H-pyrrole nitrogens is 1. The molecule has 0 bridgehead atoms. The number of nitrogens with one attached hydrogen (secondary N) is 5. The molecule has 0 fully saturated rings. The van der Waals surface area contributed by atoms with Gasteiger partial charge in [-0.1, -0.05) is 18.2 Å². The van der Waals surface area contributed by atoms with Crippen LogP contribution in [0.25, 0.3) is 11.6 Å². The van der Waals surface area contributed by atoms with E-state index in [-0.39, 0.29) is 11.9 Å². The summed E-state index contributed by atoms with van der Waals surface area (Å²) in [6.45, 7) is 1.98. The van der Waals surface area contributed by atoms with E-state index in [1.54, 1.807) is 25.3 Å². The number of ether oxygens (including phenoxy) is 1. The molecule has 3 aromatic carbocycles. The van der Waals surface area contributed by atoms with Crippen molar-refractivity contribution in [2.75, 3.05) is 28.4 Å². The topological polar surface area (TPSA) is 107 Å². The van der Waals surface area contributed by atoms with Gasteiger partial charge in [-0.3, -0.25) is 4.79 Å². The molecule has 0 saturated carbocycles. The van der Waals surface area contributed by atoms with E-state index in [9.17, 15) is 9.59 Å². The van der Waals surface area contributed by atoms with Crippen LogP contribution in [0.4, 0.5) is 33.2 Å². The molecule has 0 unspecified atom stereocenters. The molecule has 36 heavy (non-hydrogen) atoms. The maximum atomic E-state index is 12.5. The highest BCUT2D eigenvalue weighted by Crippen LogP contribution is 2.36. The number of carbonyl (C=O) groups is 2. The number of fused-ring (bicyclic) bond motifs is 1. The first kappa shape index (κ1) is 22.8. The van der Waals surface area contributed by atoms with Gasteiger partial charge in [-0.2, -0.15) is 0 Å². The lowest BCUT2D eigenvalue weighted by molar-refractivity contribution is -0.110. The Morgan fingerprint density at radius 3 is 2.50 bits per heavy atom. The highest BCUT2D eigenvalue weighted by Gasteiger charge is 2.24. The number of hydrogen-bond donors (Lipinski definition) is 5. The number of carbonyl (C=O) groups excluding carboxylic acids is 2. The summed E-state index contributed by atoms with van der Waals surface area (Å²) in [4.78, 5) is 28.1. The van der Waals surface area contributed by atoms with Crippen LogP contribution in [-0.4, -0.2) is 24.0 Å². The number of hydrogen-bond acceptors (Lipinski definition) is 4. The first-order chi connectivity index (χ1) is 17.5. The van der Waals surface area contributed by atoms with E-state index < -0.39 is 0 Å². The van der Waals surface area contributed by atoms with Crippen LogP contribution >= 0.6 is 0 Å². The Hall–Kier alpha value is -4.98. The summed E-state index contributed by atoms with van der Waals surface area (Å²) in [6.07, 6.45) is 3.66. The van der Waals surface area contributed by atoms with E-state index in [1.165, 1.54) is 0 Å². The Bertz CT molecular complexity index is 1470. The summed E-state index contributed by atoms with van der Waals surface area (Å²) in [7, 11) is 1.58. The molecule has 5 N–H and O–H groups in total. The van der Waals surface area contributed by atoms with Gasteiger partial charge in [0.25, 0.3) is 5.91 Å². The second-order valence-electron chi connectivity index (χ2n) is 8.36. The van der Waals surface area contributed by atoms with Crippen LogP contribution in [0.2, 0.25) is 0 Å². The lowest BCUT2D eigenvalue weighted by atomic mass is 10.1. The fourth-order valence-corrected chi connectivity index (χ4v) is 3.99. The number of anilines is 5. The number of rotatable bonds is 6. The molecule has 0 atom stereocenters. The second kappa shape index (κ2) is 9.71. The van der Waals surface area contributed by atoms with E-state index in [2.05, 4.69) is 26.3 Å². The average molecular weight is 480 g/mol. The molecule has 1 aliphatic heterocycles. The molecular weight excluding hydrogens is 454 g/mol. The summed E-state index contributed by atoms with van der Waals surface area (Å²) >= 11 is 0. The lowest BCUT2D eigenvalue weighted by Gasteiger charge is -2.14. The largest absolute Gasteiger partial charge is 0.497 e. The quantitative estimate of drug-likeness (QED) is 0.212. The third kappa shape index (κ3) is 4.92. The van der Waals surface area contributed by atoms with Crippen LogP contribution in [-0.2, 0) is 4.79 Å². The number of amides is 3. The fraction of sp³-hybridized carbons (Fsp3) is 0.0714. The first-order valence-electron chi connectivity index (χ1n) is 11.4. The van der Waals surface area contributed by atoms with Crippen molar-refractivity contribution < 1.29 is 14.3 Å². The average Bonchev–Trinajstić information content (AvgIpc) is 3.49. The molecule has 1 aromatic heterocycles. The zero-order valence-corrected chi connectivity index (χ0v) is 19.8. The fourth-order valence-electron chi connectivity index (χ4n) is 3.99. The molecule has 0 spiro atoms. The van der Waals surface area contributed by atoms with E-state index in [1.807, 2.05) is 73.8 Å². The van der Waals surface area contributed by atoms with Crippen LogP contribution in [0.5, 0.6) is 5.75 Å². The molecule has 0 radical (unpaired) electrons. The molecule has 8 nitrogen and oxygen atoms in total. The Morgan fingerprint density at radius 1 is 0.917 bits per heavy atom. The van der Waals surface area contributed by atoms with E-state index >= 15 is 0 Å². The van der Waals surface area contributed by atoms with E-state index in [0.29, 0.717) is 22.7 Å². The van der Waals surface area contributed by atoms with Gasteiger partial charge < -0.3 is 31.0 Å². The van der Waals surface area contributed by atoms with Crippen LogP contribution in [0.3, 0.4) is 0 Å². The van der Waals surface area contributed by atoms with Crippen molar-refractivity contribution in [2.45, 2.75) is 6.92 Å². The number of aryl methyl sites for hydroxylation is 1. The molecule has 1 aliphatic rings. The monoisotopic (exact) mass is 479 g/mol. The summed E-state index contributed by atoms with van der Waals surface area (Å²) in [5, 5.41) is 12.0. The van der Waals surface area contributed by atoms with Gasteiger partial charge >= 0.3 is 6.03 Å². The third-order valence-electron chi connectivity index (χ3n) is 5.83. The zero-order chi connectivity index (χ0) is 25.1. The van der Waals surface area contributed by atoms with Gasteiger partial charge in [0.1, 0.15) is 5.75 Å². The van der Waals surface area contributed by atoms with Crippen LogP contribution in [0.1, 0.15) is 16.8 Å². The number of urea groups is 1. The van der Waals surface area contributed by atoms with E-state index in [0.717, 1.165) is 33.9 Å². The molecule has 4 aromatic rings. The standard InChI is InChI=1S/C28H25N5O3/c1-17-8-9-21(32-28(35)31-19-5-3-7-22(13-19)36-2)15-25(17)30-20-10-11-23-24(14-18-6-4-12-29-18)27(34)33-26(23)16-20/h3-16,29-30H,1-2H3,(H,33,34)(H2,31,32,35)/b24-14-. The molecular formula is C28H25N5O3. The summed E-state index contributed by atoms with van der Waals surface area (Å²) in [5.41, 5.74) is 6.99. The van der Waals surface area contributed by atoms with Gasteiger partial charge in [-0.25, -0.2) is 4.79 Å². The van der Waals surface area contributed by atoms with Gasteiger partial charge in [0.15, 0.2) is 0 Å². The number of methoxy groups -OCH3 is 1. The Kier molecular flexibility index (Phi) is 6.15. The van der Waals surface area contributed by atoms with Crippen LogP contribution < -0.4 is 26.0 Å².